The summed E-state index contributed by atoms with van der Waals surface area (Å²) in [5.74, 6) is 1.03. The third kappa shape index (κ3) is 4.52. The number of carbonyl (C=O) groups is 1. The molecule has 22 heavy (non-hydrogen) atoms. The van der Waals surface area contributed by atoms with Gasteiger partial charge in [-0.25, -0.2) is 0 Å². The average Bonchev–Trinajstić information content (AvgIpc) is 2.51. The number of phenolic OH excluding ortho intramolecular Hbond substituents is 1. The van der Waals surface area contributed by atoms with E-state index in [0.717, 1.165) is 18.6 Å². The molecule has 0 aliphatic rings. The number of rotatable bonds is 8. The van der Waals surface area contributed by atoms with E-state index in [0.29, 0.717) is 19.0 Å². The standard InChI is InChI=1S/C18H20O4/c1-14(19)18-16(20)10-7-11-17(18)22-13-6-5-12-21-15-8-3-2-4-9-15/h2-4,7-11,20H,5-6,12-13H2,1H3. The maximum absolute atomic E-state index is 11.5. The molecule has 116 valence electrons. The molecule has 0 amide bonds. The molecule has 0 radical (unpaired) electrons. The van der Waals surface area contributed by atoms with Crippen LogP contribution in [-0.4, -0.2) is 24.1 Å². The molecule has 0 saturated heterocycles. The smallest absolute Gasteiger partial charge is 0.167 e. The molecule has 0 atom stereocenters. The highest BCUT2D eigenvalue weighted by Gasteiger charge is 2.13. The van der Waals surface area contributed by atoms with Crippen molar-refractivity contribution >= 4 is 5.78 Å². The van der Waals surface area contributed by atoms with Gasteiger partial charge in [0.05, 0.1) is 13.2 Å². The first-order valence-electron chi connectivity index (χ1n) is 7.32. The minimum absolute atomic E-state index is 0.0441. The summed E-state index contributed by atoms with van der Waals surface area (Å²) in [6.07, 6.45) is 1.66. The Morgan fingerprint density at radius 2 is 1.64 bits per heavy atom. The van der Waals surface area contributed by atoms with Crippen molar-refractivity contribution in [3.05, 3.63) is 54.1 Å². The van der Waals surface area contributed by atoms with E-state index in [1.165, 1.54) is 13.0 Å². The number of ketones is 1. The summed E-state index contributed by atoms with van der Waals surface area (Å²) in [6, 6.07) is 14.5. The molecule has 0 unspecified atom stereocenters. The van der Waals surface area contributed by atoms with E-state index in [-0.39, 0.29) is 17.1 Å². The fourth-order valence-electron chi connectivity index (χ4n) is 2.09. The van der Waals surface area contributed by atoms with Gasteiger partial charge in [0, 0.05) is 0 Å². The fourth-order valence-corrected chi connectivity index (χ4v) is 2.09. The topological polar surface area (TPSA) is 55.8 Å². The van der Waals surface area contributed by atoms with Crippen LogP contribution in [0.5, 0.6) is 17.2 Å². The quantitative estimate of drug-likeness (QED) is 0.594. The Bertz CT molecular complexity index is 608. The van der Waals surface area contributed by atoms with Gasteiger partial charge in [0.25, 0.3) is 0 Å². The summed E-state index contributed by atoms with van der Waals surface area (Å²) in [4.78, 5) is 11.5. The lowest BCUT2D eigenvalue weighted by Gasteiger charge is -2.11. The summed E-state index contributed by atoms with van der Waals surface area (Å²) in [5.41, 5.74) is 0.239. The highest BCUT2D eigenvalue weighted by Crippen LogP contribution is 2.27. The zero-order valence-corrected chi connectivity index (χ0v) is 12.6. The van der Waals surface area contributed by atoms with Crippen molar-refractivity contribution in [2.24, 2.45) is 0 Å². The number of ether oxygens (including phenoxy) is 2. The first-order chi connectivity index (χ1) is 10.7. The number of phenols is 1. The van der Waals surface area contributed by atoms with Crippen LogP contribution in [0.25, 0.3) is 0 Å². The van der Waals surface area contributed by atoms with Crippen LogP contribution >= 0.6 is 0 Å². The van der Waals surface area contributed by atoms with Crippen LogP contribution in [0.4, 0.5) is 0 Å². The van der Waals surface area contributed by atoms with E-state index in [1.807, 2.05) is 30.3 Å². The Morgan fingerprint density at radius 3 is 2.32 bits per heavy atom. The second-order valence-electron chi connectivity index (χ2n) is 4.92. The van der Waals surface area contributed by atoms with Gasteiger partial charge in [-0.1, -0.05) is 24.3 Å². The van der Waals surface area contributed by atoms with Gasteiger partial charge in [-0.15, -0.1) is 0 Å². The molecule has 2 rings (SSSR count). The molecule has 1 N–H and O–H groups in total. The lowest BCUT2D eigenvalue weighted by atomic mass is 10.1. The lowest BCUT2D eigenvalue weighted by molar-refractivity contribution is 0.101. The Labute approximate surface area is 130 Å². The predicted octanol–water partition coefficient (Wildman–Crippen LogP) is 3.83. The minimum Gasteiger partial charge on any atom is -0.507 e. The third-order valence-electron chi connectivity index (χ3n) is 3.16. The summed E-state index contributed by atoms with van der Waals surface area (Å²) in [6.45, 7) is 2.50. The molecule has 0 bridgehead atoms. The fraction of sp³-hybridized carbons (Fsp3) is 0.278. The van der Waals surface area contributed by atoms with Crippen LogP contribution in [0, 0.1) is 0 Å². The van der Waals surface area contributed by atoms with E-state index in [9.17, 15) is 9.90 Å². The molecule has 0 aromatic heterocycles. The summed E-state index contributed by atoms with van der Waals surface area (Å²) >= 11 is 0. The second kappa shape index (κ2) is 8.08. The zero-order chi connectivity index (χ0) is 15.8. The van der Waals surface area contributed by atoms with Crippen molar-refractivity contribution in [2.45, 2.75) is 19.8 Å². The molecule has 0 aliphatic carbocycles. The second-order valence-corrected chi connectivity index (χ2v) is 4.92. The van der Waals surface area contributed by atoms with Gasteiger partial charge in [-0.05, 0) is 44.0 Å². The number of hydrogen-bond donors (Lipinski definition) is 1. The van der Waals surface area contributed by atoms with Crippen LogP contribution in [0.3, 0.4) is 0 Å². The predicted molar refractivity (Wildman–Crippen MR) is 84.8 cm³/mol. The normalized spacial score (nSPS) is 10.2. The molecule has 2 aromatic rings. The molecule has 4 nitrogen and oxygen atoms in total. The Balaban J connectivity index is 1.73. The highest BCUT2D eigenvalue weighted by atomic mass is 16.5. The largest absolute Gasteiger partial charge is 0.507 e. The van der Waals surface area contributed by atoms with Crippen molar-refractivity contribution < 1.29 is 19.4 Å². The van der Waals surface area contributed by atoms with E-state index >= 15 is 0 Å². The molecule has 0 heterocycles. The molecular formula is C18H20O4. The highest BCUT2D eigenvalue weighted by molar-refractivity contribution is 5.99. The summed E-state index contributed by atoms with van der Waals surface area (Å²) in [5, 5.41) is 9.71. The van der Waals surface area contributed by atoms with Crippen LogP contribution < -0.4 is 9.47 Å². The molecule has 0 spiro atoms. The van der Waals surface area contributed by atoms with E-state index in [1.54, 1.807) is 12.1 Å². The van der Waals surface area contributed by atoms with Gasteiger partial charge in [0.1, 0.15) is 22.8 Å². The monoisotopic (exact) mass is 300 g/mol. The number of hydrogen-bond acceptors (Lipinski definition) is 4. The number of unbranched alkanes of at least 4 members (excludes halogenated alkanes) is 1. The van der Waals surface area contributed by atoms with Gasteiger partial charge >= 0.3 is 0 Å². The van der Waals surface area contributed by atoms with Crippen molar-refractivity contribution in [3.8, 4) is 17.2 Å². The number of benzene rings is 2. The van der Waals surface area contributed by atoms with E-state index in [2.05, 4.69) is 0 Å². The summed E-state index contributed by atoms with van der Waals surface area (Å²) < 4.78 is 11.2. The van der Waals surface area contributed by atoms with Crippen LogP contribution in [0.2, 0.25) is 0 Å². The number of para-hydroxylation sites is 1. The van der Waals surface area contributed by atoms with E-state index < -0.39 is 0 Å². The Hall–Kier alpha value is -2.49. The maximum Gasteiger partial charge on any atom is 0.167 e. The van der Waals surface area contributed by atoms with Gasteiger partial charge in [-0.2, -0.15) is 0 Å². The van der Waals surface area contributed by atoms with Gasteiger partial charge in [-0.3, -0.25) is 4.79 Å². The first-order valence-corrected chi connectivity index (χ1v) is 7.32. The number of carbonyl (C=O) groups excluding carboxylic acids is 1. The van der Waals surface area contributed by atoms with Gasteiger partial charge in [0.2, 0.25) is 0 Å². The van der Waals surface area contributed by atoms with Gasteiger partial charge < -0.3 is 14.6 Å². The molecule has 0 fully saturated rings. The average molecular weight is 300 g/mol. The van der Waals surface area contributed by atoms with Crippen LogP contribution in [0.1, 0.15) is 30.1 Å². The number of aromatic hydroxyl groups is 1. The van der Waals surface area contributed by atoms with Crippen molar-refractivity contribution in [2.75, 3.05) is 13.2 Å². The lowest BCUT2D eigenvalue weighted by Crippen LogP contribution is -2.05. The SMILES string of the molecule is CC(=O)c1c(O)cccc1OCCCCOc1ccccc1. The molecule has 0 aliphatic heterocycles. The summed E-state index contributed by atoms with van der Waals surface area (Å²) in [7, 11) is 0. The molecule has 2 aromatic carbocycles. The van der Waals surface area contributed by atoms with Crippen molar-refractivity contribution in [1.82, 2.24) is 0 Å². The third-order valence-corrected chi connectivity index (χ3v) is 3.16. The maximum atomic E-state index is 11.5. The van der Waals surface area contributed by atoms with Crippen LogP contribution in [0.15, 0.2) is 48.5 Å². The number of Topliss-reactive ketones (excluding diaryl/α,β-unsaturated/α-hetero) is 1. The molecule has 4 heteroatoms. The van der Waals surface area contributed by atoms with Gasteiger partial charge in [0.15, 0.2) is 5.78 Å². The van der Waals surface area contributed by atoms with Crippen molar-refractivity contribution in [3.63, 3.8) is 0 Å². The van der Waals surface area contributed by atoms with E-state index in [4.69, 9.17) is 9.47 Å². The van der Waals surface area contributed by atoms with Crippen molar-refractivity contribution in [1.29, 1.82) is 0 Å². The van der Waals surface area contributed by atoms with Crippen LogP contribution in [-0.2, 0) is 0 Å². The first kappa shape index (κ1) is 15.9. The molecule has 0 saturated carbocycles. The Morgan fingerprint density at radius 1 is 0.955 bits per heavy atom. The minimum atomic E-state index is -0.208. The molecular weight excluding hydrogens is 280 g/mol. The zero-order valence-electron chi connectivity index (χ0n) is 12.6. The Kier molecular flexibility index (Phi) is 5.83.